The minimum atomic E-state index is -5.07. The van der Waals surface area contributed by atoms with Crippen molar-refractivity contribution < 1.29 is 26.3 Å². The molecule has 1 N–H and O–H groups in total. The number of pyridine rings is 2. The number of fused-ring (bicyclic) bond motifs is 1. The summed E-state index contributed by atoms with van der Waals surface area (Å²) in [4.78, 5) is 6.91. The fourth-order valence-corrected chi connectivity index (χ4v) is 2.78. The zero-order chi connectivity index (χ0) is 21.4. The van der Waals surface area contributed by atoms with Crippen LogP contribution in [0.3, 0.4) is 0 Å². The molecule has 0 saturated carbocycles. The van der Waals surface area contributed by atoms with Gasteiger partial charge in [-0.15, -0.1) is 0 Å². The van der Waals surface area contributed by atoms with Crippen molar-refractivity contribution in [2.24, 2.45) is 5.10 Å². The molecule has 1 aromatic carbocycles. The second-order valence-electron chi connectivity index (χ2n) is 5.65. The van der Waals surface area contributed by atoms with Crippen LogP contribution in [-0.4, -0.2) is 16.2 Å². The number of hydrogen-bond acceptors (Lipinski definition) is 4. The molecule has 0 aliphatic carbocycles. The quantitative estimate of drug-likeness (QED) is 0.283. The molecule has 29 heavy (non-hydrogen) atoms. The van der Waals surface area contributed by atoms with Crippen molar-refractivity contribution in [2.45, 2.75) is 12.4 Å². The standard InChI is InChI=1S/C17H8Cl2F6N4/c18-9-2-1-8(12(19)5-9)7-26-29-14-4-3-10-11(16(20,21)22)6-13(17(23,24)25)27-15(10)28-14/h1-7H,(H,27,28,29)/b26-7-. The predicted molar refractivity (Wildman–Crippen MR) is 97.2 cm³/mol. The van der Waals surface area contributed by atoms with Gasteiger partial charge in [-0.2, -0.15) is 31.4 Å². The first-order valence-electron chi connectivity index (χ1n) is 7.65. The van der Waals surface area contributed by atoms with E-state index in [1.807, 2.05) is 0 Å². The third-order valence-electron chi connectivity index (χ3n) is 3.61. The Morgan fingerprint density at radius 2 is 1.62 bits per heavy atom. The van der Waals surface area contributed by atoms with Crippen LogP contribution in [0.2, 0.25) is 10.0 Å². The van der Waals surface area contributed by atoms with Crippen molar-refractivity contribution in [2.75, 3.05) is 5.43 Å². The van der Waals surface area contributed by atoms with E-state index in [4.69, 9.17) is 23.2 Å². The molecular formula is C17H8Cl2F6N4. The van der Waals surface area contributed by atoms with Crippen LogP contribution >= 0.6 is 23.2 Å². The molecule has 152 valence electrons. The summed E-state index contributed by atoms with van der Waals surface area (Å²) in [6.45, 7) is 0. The van der Waals surface area contributed by atoms with Gasteiger partial charge in [-0.05, 0) is 30.3 Å². The zero-order valence-corrected chi connectivity index (χ0v) is 15.4. The minimum Gasteiger partial charge on any atom is -0.261 e. The van der Waals surface area contributed by atoms with Crippen molar-refractivity contribution in [1.29, 1.82) is 0 Å². The summed E-state index contributed by atoms with van der Waals surface area (Å²) in [5.74, 6) is -0.112. The molecule has 0 unspecified atom stereocenters. The van der Waals surface area contributed by atoms with Gasteiger partial charge in [0, 0.05) is 16.0 Å². The molecule has 0 aliphatic heterocycles. The van der Waals surface area contributed by atoms with Crippen LogP contribution in [0, 0.1) is 0 Å². The molecule has 0 saturated heterocycles. The van der Waals surface area contributed by atoms with Gasteiger partial charge in [0.1, 0.15) is 11.5 Å². The summed E-state index contributed by atoms with van der Waals surface area (Å²) >= 11 is 11.7. The van der Waals surface area contributed by atoms with E-state index in [1.54, 1.807) is 12.1 Å². The smallest absolute Gasteiger partial charge is 0.261 e. The number of halogens is 8. The number of benzene rings is 1. The van der Waals surface area contributed by atoms with E-state index in [9.17, 15) is 26.3 Å². The largest absolute Gasteiger partial charge is 0.433 e. The Hall–Kier alpha value is -2.59. The number of aromatic nitrogens is 2. The Balaban J connectivity index is 1.97. The van der Waals surface area contributed by atoms with E-state index in [2.05, 4.69) is 20.5 Å². The van der Waals surface area contributed by atoms with Crippen molar-refractivity contribution in [1.82, 2.24) is 9.97 Å². The highest BCUT2D eigenvalue weighted by Crippen LogP contribution is 2.38. The van der Waals surface area contributed by atoms with Crippen LogP contribution < -0.4 is 5.43 Å². The lowest BCUT2D eigenvalue weighted by Gasteiger charge is -2.14. The van der Waals surface area contributed by atoms with Gasteiger partial charge in [0.15, 0.2) is 5.65 Å². The van der Waals surface area contributed by atoms with E-state index < -0.39 is 34.6 Å². The van der Waals surface area contributed by atoms with Gasteiger partial charge in [0.05, 0.1) is 16.8 Å². The highest BCUT2D eigenvalue weighted by molar-refractivity contribution is 6.36. The topological polar surface area (TPSA) is 50.2 Å². The first-order valence-corrected chi connectivity index (χ1v) is 8.41. The Labute approximate surface area is 169 Å². The summed E-state index contributed by atoms with van der Waals surface area (Å²) in [5, 5.41) is 3.94. The number of anilines is 1. The van der Waals surface area contributed by atoms with Gasteiger partial charge in [0.2, 0.25) is 0 Å². The zero-order valence-electron chi connectivity index (χ0n) is 13.9. The lowest BCUT2D eigenvalue weighted by molar-refractivity contribution is -0.144. The Morgan fingerprint density at radius 3 is 2.24 bits per heavy atom. The van der Waals surface area contributed by atoms with E-state index in [0.29, 0.717) is 15.6 Å². The molecule has 12 heteroatoms. The van der Waals surface area contributed by atoms with Crippen LogP contribution in [-0.2, 0) is 12.4 Å². The molecule has 0 bridgehead atoms. The number of nitrogens with one attached hydrogen (secondary N) is 1. The maximum atomic E-state index is 13.2. The van der Waals surface area contributed by atoms with E-state index in [1.165, 1.54) is 12.3 Å². The lowest BCUT2D eigenvalue weighted by atomic mass is 10.1. The highest BCUT2D eigenvalue weighted by Gasteiger charge is 2.39. The van der Waals surface area contributed by atoms with Crippen LogP contribution in [0.25, 0.3) is 11.0 Å². The van der Waals surface area contributed by atoms with Gasteiger partial charge in [-0.3, -0.25) is 5.43 Å². The molecule has 3 aromatic rings. The molecule has 0 atom stereocenters. The molecule has 0 fully saturated rings. The fraction of sp³-hybridized carbons (Fsp3) is 0.118. The van der Waals surface area contributed by atoms with E-state index >= 15 is 0 Å². The van der Waals surface area contributed by atoms with Crippen LogP contribution in [0.4, 0.5) is 32.2 Å². The van der Waals surface area contributed by atoms with Crippen LogP contribution in [0.5, 0.6) is 0 Å². The summed E-state index contributed by atoms with van der Waals surface area (Å²) in [5.41, 5.74) is -1.02. The first-order chi connectivity index (χ1) is 13.4. The number of alkyl halides is 6. The summed E-state index contributed by atoms with van der Waals surface area (Å²) in [7, 11) is 0. The van der Waals surface area contributed by atoms with Crippen LogP contribution in [0.1, 0.15) is 16.8 Å². The molecule has 3 rings (SSSR count). The number of nitrogens with zero attached hydrogens (tertiary/aromatic N) is 3. The third-order valence-corrected chi connectivity index (χ3v) is 4.18. The SMILES string of the molecule is FC(F)(F)c1cc(C(F)(F)F)c2ccc(N/N=C\c3ccc(Cl)cc3Cl)nc2n1. The van der Waals surface area contributed by atoms with Gasteiger partial charge in [-0.1, -0.05) is 29.3 Å². The maximum absolute atomic E-state index is 13.2. The Bertz CT molecular complexity index is 1100. The lowest BCUT2D eigenvalue weighted by Crippen LogP contribution is -2.14. The molecule has 2 heterocycles. The highest BCUT2D eigenvalue weighted by atomic mass is 35.5. The monoisotopic (exact) mass is 452 g/mol. The molecule has 0 spiro atoms. The third kappa shape index (κ3) is 4.88. The normalized spacial score (nSPS) is 12.7. The van der Waals surface area contributed by atoms with Gasteiger partial charge in [-0.25, -0.2) is 9.97 Å². The molecular weight excluding hydrogens is 445 g/mol. The minimum absolute atomic E-state index is 0.0438. The summed E-state index contributed by atoms with van der Waals surface area (Å²) in [6.07, 6.45) is -8.80. The molecule has 0 amide bonds. The van der Waals surface area contributed by atoms with Crippen molar-refractivity contribution in [3.63, 3.8) is 0 Å². The van der Waals surface area contributed by atoms with E-state index in [0.717, 1.165) is 12.1 Å². The molecule has 0 radical (unpaired) electrons. The predicted octanol–water partition coefficient (Wildman–Crippen LogP) is 6.42. The molecule has 4 nitrogen and oxygen atoms in total. The Kier molecular flexibility index (Phi) is 5.59. The average Bonchev–Trinajstić information content (AvgIpc) is 2.61. The van der Waals surface area contributed by atoms with Crippen molar-refractivity contribution >= 4 is 46.3 Å². The van der Waals surface area contributed by atoms with Gasteiger partial charge < -0.3 is 0 Å². The Morgan fingerprint density at radius 1 is 0.897 bits per heavy atom. The summed E-state index contributed by atoms with van der Waals surface area (Å²) in [6, 6.07) is 6.65. The number of rotatable bonds is 3. The van der Waals surface area contributed by atoms with E-state index in [-0.39, 0.29) is 11.9 Å². The van der Waals surface area contributed by atoms with Crippen molar-refractivity contribution in [3.05, 3.63) is 63.3 Å². The number of hydrogen-bond donors (Lipinski definition) is 1. The second-order valence-corrected chi connectivity index (χ2v) is 6.50. The fourth-order valence-electron chi connectivity index (χ4n) is 2.32. The first kappa shape index (κ1) is 21.1. The van der Waals surface area contributed by atoms with Gasteiger partial charge >= 0.3 is 12.4 Å². The average molecular weight is 453 g/mol. The van der Waals surface area contributed by atoms with Crippen molar-refractivity contribution in [3.8, 4) is 0 Å². The number of hydrazone groups is 1. The molecule has 0 aliphatic rings. The van der Waals surface area contributed by atoms with Crippen LogP contribution in [0.15, 0.2) is 41.5 Å². The maximum Gasteiger partial charge on any atom is 0.433 e. The molecule has 2 aromatic heterocycles. The second kappa shape index (κ2) is 7.68. The van der Waals surface area contributed by atoms with Gasteiger partial charge in [0.25, 0.3) is 0 Å². The summed E-state index contributed by atoms with van der Waals surface area (Å²) < 4.78 is 78.2.